The summed E-state index contributed by atoms with van der Waals surface area (Å²) in [6.07, 6.45) is 1.65. The Morgan fingerprint density at radius 3 is 2.67 bits per heavy atom. The molecule has 0 saturated heterocycles. The largest absolute Gasteiger partial charge is 0.458 e. The number of anilines is 1. The van der Waals surface area contributed by atoms with E-state index in [0.29, 0.717) is 6.07 Å². The van der Waals surface area contributed by atoms with E-state index in [4.69, 9.17) is 5.73 Å². The average Bonchev–Trinajstić information content (AvgIpc) is 3.11. The number of ether oxygens (including phenoxy) is 1. The van der Waals surface area contributed by atoms with E-state index in [9.17, 15) is 18.0 Å². The summed E-state index contributed by atoms with van der Waals surface area (Å²) in [7, 11) is 0. The fraction of sp³-hybridized carbons (Fsp3) is 0.364. The Morgan fingerprint density at radius 2 is 2.17 bits per heavy atom. The summed E-state index contributed by atoms with van der Waals surface area (Å²) in [6, 6.07) is 0.711. The number of alkyl halides is 1. The Kier molecular flexibility index (Phi) is 3.31. The predicted octanol–water partition coefficient (Wildman–Crippen LogP) is 1.94. The van der Waals surface area contributed by atoms with Crippen molar-refractivity contribution in [2.75, 3.05) is 12.2 Å². The molecule has 0 bridgehead atoms. The lowest BCUT2D eigenvalue weighted by Crippen LogP contribution is -2.17. The lowest BCUT2D eigenvalue weighted by atomic mass is 10.1. The maximum Gasteiger partial charge on any atom is 0.251 e. The van der Waals surface area contributed by atoms with Gasteiger partial charge in [0.15, 0.2) is 11.6 Å². The lowest BCUT2D eigenvalue weighted by molar-refractivity contribution is 0.0999. The Morgan fingerprint density at radius 1 is 1.50 bits per heavy atom. The normalized spacial score (nSPS) is 14.4. The molecule has 1 aliphatic carbocycles. The summed E-state index contributed by atoms with van der Waals surface area (Å²) in [5.74, 6) is -4.26. The molecule has 0 aliphatic heterocycles. The second kappa shape index (κ2) is 4.75. The Hall–Kier alpha value is -1.92. The van der Waals surface area contributed by atoms with Crippen molar-refractivity contribution in [3.63, 3.8) is 0 Å². The summed E-state index contributed by atoms with van der Waals surface area (Å²) in [4.78, 5) is 11.2. The minimum Gasteiger partial charge on any atom is -0.458 e. The first kappa shape index (κ1) is 12.5. The van der Waals surface area contributed by atoms with E-state index in [-0.39, 0.29) is 17.3 Å². The number of amides is 1. The molecule has 1 aromatic carbocycles. The quantitative estimate of drug-likeness (QED) is 0.850. The highest BCUT2D eigenvalue weighted by molar-refractivity contribution is 6.00. The highest BCUT2D eigenvalue weighted by Gasteiger charge is 2.28. The highest BCUT2D eigenvalue weighted by Crippen LogP contribution is 2.37. The van der Waals surface area contributed by atoms with Crippen LogP contribution in [-0.2, 0) is 0 Å². The van der Waals surface area contributed by atoms with Gasteiger partial charge >= 0.3 is 0 Å². The van der Waals surface area contributed by atoms with Crippen molar-refractivity contribution in [1.29, 1.82) is 0 Å². The van der Waals surface area contributed by atoms with E-state index in [1.54, 1.807) is 0 Å². The van der Waals surface area contributed by atoms with Crippen LogP contribution >= 0.6 is 0 Å². The highest BCUT2D eigenvalue weighted by atomic mass is 19.2. The molecule has 98 valence electrons. The maximum absolute atomic E-state index is 13.5. The summed E-state index contributed by atoms with van der Waals surface area (Å²) < 4.78 is 43.4. The van der Waals surface area contributed by atoms with Crippen LogP contribution < -0.4 is 15.8 Å². The number of rotatable bonds is 5. The Labute approximate surface area is 101 Å². The predicted molar refractivity (Wildman–Crippen MR) is 58.1 cm³/mol. The number of hydrogen-bond acceptors (Lipinski definition) is 3. The maximum atomic E-state index is 13.5. The molecule has 4 nitrogen and oxygen atoms in total. The third-order valence-electron chi connectivity index (χ3n) is 2.57. The summed E-state index contributed by atoms with van der Waals surface area (Å²) >= 11 is 0. The van der Waals surface area contributed by atoms with Crippen LogP contribution in [0.3, 0.4) is 0 Å². The van der Waals surface area contributed by atoms with Crippen molar-refractivity contribution in [2.24, 2.45) is 5.73 Å². The van der Waals surface area contributed by atoms with E-state index in [1.165, 1.54) is 0 Å². The molecule has 0 aromatic heterocycles. The van der Waals surface area contributed by atoms with Gasteiger partial charge in [0.05, 0.1) is 11.3 Å². The number of nitrogens with one attached hydrogen (secondary N) is 1. The molecule has 0 radical (unpaired) electrons. The van der Waals surface area contributed by atoms with E-state index in [1.807, 2.05) is 0 Å². The van der Waals surface area contributed by atoms with E-state index in [0.717, 1.165) is 12.8 Å². The van der Waals surface area contributed by atoms with Crippen LogP contribution in [0.25, 0.3) is 0 Å². The van der Waals surface area contributed by atoms with E-state index >= 15 is 0 Å². The molecular weight excluding hydrogens is 249 g/mol. The molecule has 0 unspecified atom stereocenters. The standard InChI is InChI=1S/C11H11F3N2O2/c12-4-18-10-8(14)7(13)3-6(11(15)17)9(10)16-5-1-2-5/h3,5,16H,1-2,4H2,(H2,15,17). The molecular formula is C11H11F3N2O2. The van der Waals surface area contributed by atoms with Crippen LogP contribution in [0.15, 0.2) is 6.07 Å². The van der Waals surface area contributed by atoms with Crippen molar-refractivity contribution < 1.29 is 22.7 Å². The number of halogens is 3. The summed E-state index contributed by atoms with van der Waals surface area (Å²) in [6.45, 7) is -1.34. The molecule has 1 saturated carbocycles. The van der Waals surface area contributed by atoms with Gasteiger partial charge in [-0.1, -0.05) is 0 Å². The molecule has 1 aromatic rings. The first-order valence-corrected chi connectivity index (χ1v) is 5.31. The van der Waals surface area contributed by atoms with Gasteiger partial charge in [-0.05, 0) is 18.9 Å². The number of nitrogens with two attached hydrogens (primary N) is 1. The zero-order valence-electron chi connectivity index (χ0n) is 9.30. The van der Waals surface area contributed by atoms with Gasteiger partial charge in [-0.25, -0.2) is 8.78 Å². The third kappa shape index (κ3) is 2.34. The smallest absolute Gasteiger partial charge is 0.251 e. The molecule has 0 heterocycles. The second-order valence-corrected chi connectivity index (χ2v) is 3.96. The van der Waals surface area contributed by atoms with Crippen LogP contribution in [0.1, 0.15) is 23.2 Å². The molecule has 1 amide bonds. The van der Waals surface area contributed by atoms with Gasteiger partial charge in [0.25, 0.3) is 5.91 Å². The van der Waals surface area contributed by atoms with Crippen LogP contribution in [0.2, 0.25) is 0 Å². The van der Waals surface area contributed by atoms with E-state index in [2.05, 4.69) is 10.1 Å². The lowest BCUT2D eigenvalue weighted by Gasteiger charge is -2.15. The van der Waals surface area contributed by atoms with Crippen molar-refractivity contribution >= 4 is 11.6 Å². The van der Waals surface area contributed by atoms with Gasteiger partial charge in [0.2, 0.25) is 12.7 Å². The average molecular weight is 260 g/mol. The molecule has 7 heteroatoms. The van der Waals surface area contributed by atoms with Gasteiger partial charge < -0.3 is 15.8 Å². The van der Waals surface area contributed by atoms with Gasteiger partial charge in [-0.3, -0.25) is 4.79 Å². The van der Waals surface area contributed by atoms with Crippen LogP contribution in [-0.4, -0.2) is 18.8 Å². The number of benzene rings is 1. The topological polar surface area (TPSA) is 64.4 Å². The minimum atomic E-state index is -1.35. The van der Waals surface area contributed by atoms with Crippen LogP contribution in [0, 0.1) is 11.6 Å². The third-order valence-corrected chi connectivity index (χ3v) is 2.57. The molecule has 18 heavy (non-hydrogen) atoms. The molecule has 1 aliphatic rings. The van der Waals surface area contributed by atoms with Gasteiger partial charge in [-0.2, -0.15) is 4.39 Å². The zero-order chi connectivity index (χ0) is 13.3. The van der Waals surface area contributed by atoms with E-state index < -0.39 is 30.2 Å². The monoisotopic (exact) mass is 260 g/mol. The number of hydrogen-bond donors (Lipinski definition) is 2. The second-order valence-electron chi connectivity index (χ2n) is 3.96. The zero-order valence-corrected chi connectivity index (χ0v) is 9.30. The summed E-state index contributed by atoms with van der Waals surface area (Å²) in [5.41, 5.74) is 4.72. The fourth-order valence-corrected chi connectivity index (χ4v) is 1.56. The molecule has 2 rings (SSSR count). The first-order chi connectivity index (χ1) is 8.54. The minimum absolute atomic E-state index is 0.0370. The van der Waals surface area contributed by atoms with Crippen LogP contribution in [0.4, 0.5) is 18.9 Å². The fourth-order valence-electron chi connectivity index (χ4n) is 1.56. The number of carbonyl (C=O) groups excluding carboxylic acids is 1. The van der Waals surface area contributed by atoms with Crippen molar-refractivity contribution in [2.45, 2.75) is 18.9 Å². The van der Waals surface area contributed by atoms with Gasteiger partial charge in [0.1, 0.15) is 0 Å². The van der Waals surface area contributed by atoms with Crippen molar-refractivity contribution in [1.82, 2.24) is 0 Å². The molecule has 3 N–H and O–H groups in total. The molecule has 0 spiro atoms. The van der Waals surface area contributed by atoms with Crippen molar-refractivity contribution in [3.05, 3.63) is 23.3 Å². The summed E-state index contributed by atoms with van der Waals surface area (Å²) in [5, 5.41) is 2.79. The number of primary amides is 1. The van der Waals surface area contributed by atoms with Crippen molar-refractivity contribution in [3.8, 4) is 5.75 Å². The van der Waals surface area contributed by atoms with Gasteiger partial charge in [-0.15, -0.1) is 0 Å². The molecule has 0 atom stereocenters. The Balaban J connectivity index is 2.53. The Bertz CT molecular complexity index is 490. The van der Waals surface area contributed by atoms with Crippen LogP contribution in [0.5, 0.6) is 5.75 Å². The first-order valence-electron chi connectivity index (χ1n) is 5.31. The molecule has 1 fully saturated rings. The van der Waals surface area contributed by atoms with Gasteiger partial charge in [0, 0.05) is 6.04 Å². The number of carbonyl (C=O) groups is 1. The SMILES string of the molecule is NC(=O)c1cc(F)c(F)c(OCF)c1NC1CC1.